The van der Waals surface area contributed by atoms with Gasteiger partial charge in [0.1, 0.15) is 18.1 Å². The maximum absolute atomic E-state index is 13.3. The Morgan fingerprint density at radius 2 is 1.74 bits per heavy atom. The number of nitro groups is 1. The van der Waals surface area contributed by atoms with E-state index in [1.807, 2.05) is 54.7 Å². The molecule has 10 nitrogen and oxygen atoms in total. The monoisotopic (exact) mass is 530 g/mol. The topological polar surface area (TPSA) is 150 Å². The van der Waals surface area contributed by atoms with Crippen molar-refractivity contribution < 1.29 is 24.0 Å². The van der Waals surface area contributed by atoms with E-state index in [9.17, 15) is 19.7 Å². The molecule has 4 N–H and O–H groups in total. The molecule has 2 atom stereocenters. The average Bonchev–Trinajstić information content (AvgIpc) is 3.36. The number of H-pyrrole nitrogens is 1. The van der Waals surface area contributed by atoms with Crippen LogP contribution < -0.4 is 20.5 Å². The summed E-state index contributed by atoms with van der Waals surface area (Å²) in [6, 6.07) is 20.6. The van der Waals surface area contributed by atoms with Gasteiger partial charge in [0.25, 0.3) is 5.69 Å². The summed E-state index contributed by atoms with van der Waals surface area (Å²) in [4.78, 5) is 39.7. The second kappa shape index (κ2) is 12.7. The van der Waals surface area contributed by atoms with Crippen molar-refractivity contribution in [3.05, 3.63) is 100 Å². The fourth-order valence-corrected chi connectivity index (χ4v) is 4.42. The molecule has 0 aliphatic rings. The molecule has 0 saturated heterocycles. The number of amides is 1. The first kappa shape index (κ1) is 27.3. The molecule has 0 aliphatic heterocycles. The van der Waals surface area contributed by atoms with E-state index in [4.69, 9.17) is 15.2 Å². The number of benzene rings is 3. The van der Waals surface area contributed by atoms with E-state index in [2.05, 4.69) is 10.3 Å². The van der Waals surface area contributed by atoms with E-state index < -0.39 is 17.0 Å². The number of carbonyl (C=O) groups is 2. The summed E-state index contributed by atoms with van der Waals surface area (Å²) in [6.07, 6.45) is 1.77. The Kier molecular flexibility index (Phi) is 8.90. The Bertz CT molecular complexity index is 1450. The highest BCUT2D eigenvalue weighted by atomic mass is 16.6. The molecular weight excluding hydrogens is 500 g/mol. The lowest BCUT2D eigenvalue weighted by molar-refractivity contribution is -0.384. The van der Waals surface area contributed by atoms with E-state index in [0.29, 0.717) is 17.9 Å². The van der Waals surface area contributed by atoms with Crippen LogP contribution in [-0.4, -0.2) is 41.5 Å². The van der Waals surface area contributed by atoms with Gasteiger partial charge in [-0.15, -0.1) is 0 Å². The number of para-hydroxylation sites is 2. The van der Waals surface area contributed by atoms with Crippen LogP contribution in [0.5, 0.6) is 11.5 Å². The van der Waals surface area contributed by atoms with Crippen LogP contribution in [0.3, 0.4) is 0 Å². The first-order chi connectivity index (χ1) is 18.9. The summed E-state index contributed by atoms with van der Waals surface area (Å²) in [5.74, 6) is -0.366. The fraction of sp³-hybridized carbons (Fsp3) is 0.241. The number of rotatable bonds is 13. The van der Waals surface area contributed by atoms with Gasteiger partial charge in [-0.2, -0.15) is 0 Å². The number of ketones is 1. The van der Waals surface area contributed by atoms with Gasteiger partial charge in [0.2, 0.25) is 5.91 Å². The Morgan fingerprint density at radius 3 is 2.49 bits per heavy atom. The molecule has 1 unspecified atom stereocenters. The molecule has 1 heterocycles. The zero-order valence-electron chi connectivity index (χ0n) is 21.5. The maximum Gasteiger partial charge on any atom is 0.269 e. The van der Waals surface area contributed by atoms with Crippen molar-refractivity contribution in [1.82, 2.24) is 10.3 Å². The number of hydrogen-bond acceptors (Lipinski definition) is 7. The number of aryl methyl sites for hydroxylation is 1. The molecule has 4 rings (SSSR count). The third-order valence-electron chi connectivity index (χ3n) is 6.53. The Labute approximate surface area is 225 Å². The number of hydrogen-bond donors (Lipinski definition) is 3. The molecular formula is C29H30N4O6. The number of nitrogens with two attached hydrogens (primary N) is 1. The van der Waals surface area contributed by atoms with Crippen molar-refractivity contribution in [3.63, 3.8) is 0 Å². The minimum Gasteiger partial charge on any atom is -0.496 e. The predicted molar refractivity (Wildman–Crippen MR) is 147 cm³/mol. The summed E-state index contributed by atoms with van der Waals surface area (Å²) in [6.45, 7) is -0.310. The molecule has 1 amide bonds. The van der Waals surface area contributed by atoms with Gasteiger partial charge in [0.05, 0.1) is 24.1 Å². The maximum atomic E-state index is 13.3. The van der Waals surface area contributed by atoms with Gasteiger partial charge >= 0.3 is 0 Å². The van der Waals surface area contributed by atoms with Crippen molar-refractivity contribution >= 4 is 28.3 Å². The molecule has 0 saturated carbocycles. The lowest BCUT2D eigenvalue weighted by Crippen LogP contribution is -2.51. The summed E-state index contributed by atoms with van der Waals surface area (Å²) in [5.41, 5.74) is 9.04. The number of nitro benzene ring substituents is 1. The number of ether oxygens (including phenoxy) is 2. The van der Waals surface area contributed by atoms with E-state index >= 15 is 0 Å². The van der Waals surface area contributed by atoms with Gasteiger partial charge in [-0.05, 0) is 48.2 Å². The number of Topliss-reactive ketones (excluding diaryl/α,β-unsaturated/α-hetero) is 1. The van der Waals surface area contributed by atoms with Gasteiger partial charge < -0.3 is 25.5 Å². The van der Waals surface area contributed by atoms with Gasteiger partial charge in [-0.25, -0.2) is 0 Å². The Balaban J connectivity index is 1.45. The van der Waals surface area contributed by atoms with Crippen molar-refractivity contribution in [2.24, 2.45) is 11.7 Å². The van der Waals surface area contributed by atoms with Crippen LogP contribution in [-0.2, 0) is 22.4 Å². The minimum atomic E-state index is -0.961. The normalized spacial score (nSPS) is 12.5. The van der Waals surface area contributed by atoms with Gasteiger partial charge in [-0.3, -0.25) is 19.7 Å². The number of aromatic amines is 1. The van der Waals surface area contributed by atoms with Crippen molar-refractivity contribution in [2.45, 2.75) is 25.4 Å². The van der Waals surface area contributed by atoms with Crippen LogP contribution >= 0.6 is 0 Å². The van der Waals surface area contributed by atoms with E-state index in [1.54, 1.807) is 7.11 Å². The second-order valence-corrected chi connectivity index (χ2v) is 9.08. The first-order valence-electron chi connectivity index (χ1n) is 12.5. The minimum absolute atomic E-state index is 0.0799. The number of aromatic nitrogens is 1. The fourth-order valence-electron chi connectivity index (χ4n) is 4.42. The van der Waals surface area contributed by atoms with Crippen LogP contribution in [0.15, 0.2) is 79.0 Å². The highest BCUT2D eigenvalue weighted by molar-refractivity contribution is 5.87. The first-order valence-corrected chi connectivity index (χ1v) is 12.5. The van der Waals surface area contributed by atoms with Gasteiger partial charge in [0, 0.05) is 35.7 Å². The summed E-state index contributed by atoms with van der Waals surface area (Å²) in [5, 5.41) is 14.6. The highest BCUT2D eigenvalue weighted by Gasteiger charge is 2.28. The van der Waals surface area contributed by atoms with Crippen molar-refractivity contribution in [3.8, 4) is 11.5 Å². The average molecular weight is 531 g/mol. The molecule has 39 heavy (non-hydrogen) atoms. The SMILES string of the molecule is COc1ccccc1CCC(=O)N[C@@H](N)C(Cc1c[nH]c2ccccc12)C(=O)COc1ccc([N+](=O)[O-])cc1. The van der Waals surface area contributed by atoms with Crippen LogP contribution in [0.4, 0.5) is 5.69 Å². The summed E-state index contributed by atoms with van der Waals surface area (Å²) in [7, 11) is 1.58. The molecule has 0 fully saturated rings. The van der Waals surface area contributed by atoms with E-state index in [0.717, 1.165) is 22.0 Å². The van der Waals surface area contributed by atoms with Crippen molar-refractivity contribution in [2.75, 3.05) is 13.7 Å². The molecule has 0 spiro atoms. The molecule has 3 aromatic carbocycles. The third-order valence-corrected chi connectivity index (χ3v) is 6.53. The zero-order chi connectivity index (χ0) is 27.8. The number of fused-ring (bicyclic) bond motifs is 1. The molecule has 1 aromatic heterocycles. The third kappa shape index (κ3) is 6.99. The summed E-state index contributed by atoms with van der Waals surface area (Å²) < 4.78 is 11.0. The zero-order valence-corrected chi connectivity index (χ0v) is 21.5. The quantitative estimate of drug-likeness (QED) is 0.135. The standard InChI is InChI=1S/C29H30N4O6/c1-38-27-9-5-2-6-19(27)10-15-28(35)32-29(30)24(16-20-17-31-25-8-4-3-7-23(20)25)26(34)18-39-22-13-11-21(12-14-22)33(36)37/h2-9,11-14,17,24,29,31H,10,15-16,18,30H2,1H3,(H,32,35)/t24?,29-/m1/s1. The number of nitrogens with zero attached hydrogens (tertiary/aromatic N) is 1. The van der Waals surface area contributed by atoms with E-state index in [-0.39, 0.29) is 36.8 Å². The summed E-state index contributed by atoms with van der Waals surface area (Å²) >= 11 is 0. The van der Waals surface area contributed by atoms with Crippen LogP contribution in [0.25, 0.3) is 10.9 Å². The molecule has 10 heteroatoms. The number of methoxy groups -OCH3 is 1. The largest absolute Gasteiger partial charge is 0.496 e. The predicted octanol–water partition coefficient (Wildman–Crippen LogP) is 3.93. The van der Waals surface area contributed by atoms with Crippen LogP contribution in [0.1, 0.15) is 17.5 Å². The lowest BCUT2D eigenvalue weighted by Gasteiger charge is -2.24. The Hall–Kier alpha value is -4.70. The smallest absolute Gasteiger partial charge is 0.269 e. The highest BCUT2D eigenvalue weighted by Crippen LogP contribution is 2.23. The van der Waals surface area contributed by atoms with Crippen molar-refractivity contribution in [1.29, 1.82) is 0 Å². The van der Waals surface area contributed by atoms with Gasteiger partial charge in [0.15, 0.2) is 5.78 Å². The number of carbonyl (C=O) groups excluding carboxylic acids is 2. The molecule has 202 valence electrons. The molecule has 0 bridgehead atoms. The molecule has 0 aliphatic carbocycles. The van der Waals surface area contributed by atoms with Crippen LogP contribution in [0, 0.1) is 16.0 Å². The molecule has 4 aromatic rings. The number of non-ortho nitro benzene ring substituents is 1. The second-order valence-electron chi connectivity index (χ2n) is 9.08. The number of nitrogens with one attached hydrogen (secondary N) is 2. The Morgan fingerprint density at radius 1 is 1.03 bits per heavy atom. The lowest BCUT2D eigenvalue weighted by atomic mass is 9.92. The molecule has 0 radical (unpaired) electrons. The van der Waals surface area contributed by atoms with Gasteiger partial charge in [-0.1, -0.05) is 36.4 Å². The van der Waals surface area contributed by atoms with Crippen LogP contribution in [0.2, 0.25) is 0 Å². The van der Waals surface area contributed by atoms with E-state index in [1.165, 1.54) is 24.3 Å².